The maximum absolute atomic E-state index is 11.4. The fourth-order valence-electron chi connectivity index (χ4n) is 1.77. The van der Waals surface area contributed by atoms with Crippen LogP contribution in [0.15, 0.2) is 30.3 Å². The number of carbonyl (C=O) groups is 2. The lowest BCUT2D eigenvalue weighted by Gasteiger charge is -2.22. The lowest BCUT2D eigenvalue weighted by molar-refractivity contribution is -0.157. The first kappa shape index (κ1) is 16.2. The fraction of sp³-hybridized carbons (Fsp3) is 0.333. The van der Waals surface area contributed by atoms with Gasteiger partial charge in [0.05, 0.1) is 0 Å². The number of hydrogen-bond acceptors (Lipinski definition) is 4. The quantitative estimate of drug-likeness (QED) is 0.623. The summed E-state index contributed by atoms with van der Waals surface area (Å²) in [7, 11) is -3.17. The molecule has 2 unspecified atom stereocenters. The minimum absolute atomic E-state index is 0.196. The van der Waals surface area contributed by atoms with E-state index in [1.165, 1.54) is 0 Å². The number of carboxylic acids is 2. The zero-order valence-corrected chi connectivity index (χ0v) is 11.3. The second kappa shape index (κ2) is 7.09. The van der Waals surface area contributed by atoms with Crippen LogP contribution in [0.1, 0.15) is 18.4 Å². The van der Waals surface area contributed by atoms with E-state index in [0.29, 0.717) is 5.56 Å². The van der Waals surface area contributed by atoms with Crippen molar-refractivity contribution in [2.45, 2.75) is 24.9 Å². The topological polar surface area (TPSA) is 121 Å². The van der Waals surface area contributed by atoms with Crippen molar-refractivity contribution in [3.8, 4) is 0 Å². The highest BCUT2D eigenvalue weighted by Gasteiger charge is 2.48. The van der Waals surface area contributed by atoms with Gasteiger partial charge >= 0.3 is 20.2 Å². The SMILES string of the molecule is O=C(O)CCC(Cc1ccccc1)(O[P+](=O)O)C(=O)O. The summed E-state index contributed by atoms with van der Waals surface area (Å²) in [6, 6.07) is 8.35. The summed E-state index contributed by atoms with van der Waals surface area (Å²) in [4.78, 5) is 30.9. The van der Waals surface area contributed by atoms with Crippen molar-refractivity contribution in [1.29, 1.82) is 0 Å². The van der Waals surface area contributed by atoms with Gasteiger partial charge in [-0.15, -0.1) is 9.42 Å². The first-order valence-electron chi connectivity index (χ1n) is 5.70. The van der Waals surface area contributed by atoms with Crippen LogP contribution in [0, 0.1) is 0 Å². The van der Waals surface area contributed by atoms with Gasteiger partial charge in [0.25, 0.3) is 0 Å². The largest absolute Gasteiger partial charge is 0.695 e. The molecule has 108 valence electrons. The van der Waals surface area contributed by atoms with Gasteiger partial charge in [-0.25, -0.2) is 4.79 Å². The van der Waals surface area contributed by atoms with Gasteiger partial charge in [0.2, 0.25) is 5.60 Å². The molecule has 0 fully saturated rings. The van der Waals surface area contributed by atoms with Crippen LogP contribution in [0.25, 0.3) is 0 Å². The molecular formula is C12H14O7P+. The molecule has 0 aromatic heterocycles. The molecule has 0 saturated heterocycles. The third-order valence-corrected chi connectivity index (χ3v) is 3.22. The van der Waals surface area contributed by atoms with E-state index >= 15 is 0 Å². The number of hydrogen-bond donors (Lipinski definition) is 3. The number of rotatable bonds is 8. The molecule has 0 radical (unpaired) electrons. The zero-order valence-electron chi connectivity index (χ0n) is 10.4. The molecule has 1 aromatic rings. The molecule has 0 aliphatic carbocycles. The lowest BCUT2D eigenvalue weighted by Crippen LogP contribution is -2.42. The standard InChI is InChI=1S/C12H13O7P/c13-10(14)6-7-12(11(15)16,19-20(17)18)8-9-4-2-1-3-5-9/h1-5H,6-8H2,(H2-,13,14,15,16,17,18)/p+1. The Bertz CT molecular complexity index is 502. The summed E-state index contributed by atoms with van der Waals surface area (Å²) in [5.41, 5.74) is -1.47. The van der Waals surface area contributed by atoms with Gasteiger partial charge in [-0.2, -0.15) is 0 Å². The highest BCUT2D eigenvalue weighted by atomic mass is 31.1. The van der Waals surface area contributed by atoms with Crippen LogP contribution in [-0.4, -0.2) is 32.6 Å². The van der Waals surface area contributed by atoms with Crippen molar-refractivity contribution >= 4 is 20.2 Å². The van der Waals surface area contributed by atoms with Crippen LogP contribution in [0.5, 0.6) is 0 Å². The maximum atomic E-state index is 11.4. The number of benzene rings is 1. The molecule has 0 aliphatic rings. The Morgan fingerprint density at radius 1 is 1.20 bits per heavy atom. The summed E-state index contributed by atoms with van der Waals surface area (Å²) in [6.45, 7) is 0. The average molecular weight is 301 g/mol. The van der Waals surface area contributed by atoms with Crippen LogP contribution in [0.4, 0.5) is 0 Å². The van der Waals surface area contributed by atoms with Gasteiger partial charge in [0.1, 0.15) is 0 Å². The molecule has 0 amide bonds. The molecule has 8 heteroatoms. The zero-order chi connectivity index (χ0) is 15.2. The van der Waals surface area contributed by atoms with E-state index in [1.54, 1.807) is 30.3 Å². The van der Waals surface area contributed by atoms with Gasteiger partial charge in [0, 0.05) is 23.8 Å². The van der Waals surface area contributed by atoms with Crippen LogP contribution < -0.4 is 0 Å². The van der Waals surface area contributed by atoms with E-state index in [9.17, 15) is 19.3 Å². The molecule has 2 atom stereocenters. The predicted molar refractivity (Wildman–Crippen MR) is 68.3 cm³/mol. The molecule has 7 nitrogen and oxygen atoms in total. The minimum Gasteiger partial charge on any atom is -0.481 e. The Labute approximate surface area is 115 Å². The monoisotopic (exact) mass is 301 g/mol. The molecular weight excluding hydrogens is 287 g/mol. The third kappa shape index (κ3) is 4.70. The number of carboxylic acid groups (broad SMARTS) is 2. The van der Waals surface area contributed by atoms with Crippen molar-refractivity contribution in [2.24, 2.45) is 0 Å². The first-order valence-corrected chi connectivity index (χ1v) is 6.83. The Morgan fingerprint density at radius 2 is 1.80 bits per heavy atom. The first-order chi connectivity index (χ1) is 9.35. The summed E-state index contributed by atoms with van der Waals surface area (Å²) >= 11 is 0. The van der Waals surface area contributed by atoms with Gasteiger partial charge in [0.15, 0.2) is 0 Å². The highest BCUT2D eigenvalue weighted by Crippen LogP contribution is 2.33. The van der Waals surface area contributed by atoms with Crippen molar-refractivity contribution in [2.75, 3.05) is 0 Å². The smallest absolute Gasteiger partial charge is 0.481 e. The Hall–Kier alpha value is -1.82. The van der Waals surface area contributed by atoms with Gasteiger partial charge in [-0.05, 0) is 5.56 Å². The Balaban J connectivity index is 3.04. The van der Waals surface area contributed by atoms with Crippen LogP contribution in [0.3, 0.4) is 0 Å². The van der Waals surface area contributed by atoms with Crippen molar-refractivity contribution in [1.82, 2.24) is 0 Å². The molecule has 0 spiro atoms. The molecule has 20 heavy (non-hydrogen) atoms. The van der Waals surface area contributed by atoms with E-state index < -0.39 is 38.6 Å². The second-order valence-corrected chi connectivity index (χ2v) is 4.84. The molecule has 3 N–H and O–H groups in total. The number of aliphatic carboxylic acids is 2. The summed E-state index contributed by atoms with van der Waals surface area (Å²) in [5.74, 6) is -2.68. The molecule has 1 rings (SSSR count). The molecule has 1 aromatic carbocycles. The molecule has 0 aliphatic heterocycles. The van der Waals surface area contributed by atoms with Gasteiger partial charge < -0.3 is 10.2 Å². The van der Waals surface area contributed by atoms with E-state index in [0.717, 1.165) is 0 Å². The van der Waals surface area contributed by atoms with Crippen molar-refractivity contribution < 1.29 is 33.8 Å². The second-order valence-electron chi connectivity index (χ2n) is 4.18. The third-order valence-electron chi connectivity index (χ3n) is 2.72. The summed E-state index contributed by atoms with van der Waals surface area (Å²) in [6.07, 6.45) is -1.09. The van der Waals surface area contributed by atoms with Crippen molar-refractivity contribution in [3.63, 3.8) is 0 Å². The maximum Gasteiger partial charge on any atom is 0.695 e. The Kier molecular flexibility index (Phi) is 5.76. The molecule has 0 bridgehead atoms. The van der Waals surface area contributed by atoms with Crippen LogP contribution in [-0.2, 0) is 25.1 Å². The lowest BCUT2D eigenvalue weighted by atomic mass is 9.90. The van der Waals surface area contributed by atoms with Crippen LogP contribution >= 0.6 is 8.25 Å². The van der Waals surface area contributed by atoms with E-state index in [1.807, 2.05) is 0 Å². The summed E-state index contributed by atoms with van der Waals surface area (Å²) < 4.78 is 15.5. The van der Waals surface area contributed by atoms with Gasteiger partial charge in [-0.3, -0.25) is 4.79 Å². The average Bonchev–Trinajstić information content (AvgIpc) is 2.36. The van der Waals surface area contributed by atoms with E-state index in [2.05, 4.69) is 4.52 Å². The normalized spacial score (nSPS) is 14.3. The van der Waals surface area contributed by atoms with Crippen LogP contribution in [0.2, 0.25) is 0 Å². The predicted octanol–water partition coefficient (Wildman–Crippen LogP) is 1.58. The Morgan fingerprint density at radius 3 is 2.25 bits per heavy atom. The van der Waals surface area contributed by atoms with Gasteiger partial charge in [-0.1, -0.05) is 30.3 Å². The van der Waals surface area contributed by atoms with E-state index in [4.69, 9.17) is 10.00 Å². The summed E-state index contributed by atoms with van der Waals surface area (Å²) in [5, 5.41) is 18.0. The highest BCUT2D eigenvalue weighted by molar-refractivity contribution is 7.32. The fourth-order valence-corrected chi connectivity index (χ4v) is 2.30. The minimum atomic E-state index is -3.17. The molecule has 0 saturated carbocycles. The molecule has 0 heterocycles. The van der Waals surface area contributed by atoms with E-state index in [-0.39, 0.29) is 6.42 Å². The van der Waals surface area contributed by atoms with Crippen molar-refractivity contribution in [3.05, 3.63) is 35.9 Å².